The predicted octanol–water partition coefficient (Wildman–Crippen LogP) is 5.85. The molecule has 0 N–H and O–H groups in total. The summed E-state index contributed by atoms with van der Waals surface area (Å²) < 4.78 is 19.1. The van der Waals surface area contributed by atoms with Gasteiger partial charge in [-0.2, -0.15) is 0 Å². The molecule has 0 atom stereocenters. The highest BCUT2D eigenvalue weighted by Gasteiger charge is 2.22. The summed E-state index contributed by atoms with van der Waals surface area (Å²) in [5.41, 5.74) is 3.84. The topological polar surface area (TPSA) is 32.8 Å². The molecule has 0 radical (unpaired) electrons. The maximum atomic E-state index is 14.1. The van der Waals surface area contributed by atoms with Crippen LogP contribution >= 0.6 is 11.6 Å². The third kappa shape index (κ3) is 5.97. The Labute approximate surface area is 205 Å². The third-order valence-electron chi connectivity index (χ3n) is 6.11. The number of benzene rings is 3. The maximum Gasteiger partial charge on any atom is 0.227 e. The first kappa shape index (κ1) is 23.8. The summed E-state index contributed by atoms with van der Waals surface area (Å²) in [6.45, 7) is 2.98. The molecule has 1 aliphatic heterocycles. The second kappa shape index (κ2) is 11.2. The molecule has 6 heteroatoms. The van der Waals surface area contributed by atoms with E-state index >= 15 is 0 Å². The molecule has 0 saturated carbocycles. The minimum atomic E-state index is -0.395. The van der Waals surface area contributed by atoms with Crippen molar-refractivity contribution in [1.82, 2.24) is 4.90 Å². The van der Waals surface area contributed by atoms with Gasteiger partial charge in [-0.25, -0.2) is 4.39 Å². The average molecular weight is 479 g/mol. The van der Waals surface area contributed by atoms with Crippen molar-refractivity contribution in [1.29, 1.82) is 0 Å². The minimum absolute atomic E-state index is 0.0924. The first-order valence-electron chi connectivity index (χ1n) is 11.4. The number of carbonyl (C=O) groups is 1. The van der Waals surface area contributed by atoms with Gasteiger partial charge in [-0.05, 0) is 59.5 Å². The van der Waals surface area contributed by atoms with Crippen LogP contribution in [0, 0.1) is 5.82 Å². The molecule has 1 saturated heterocycles. The molecule has 1 heterocycles. The second-order valence-electron chi connectivity index (χ2n) is 8.29. The van der Waals surface area contributed by atoms with E-state index in [9.17, 15) is 9.18 Å². The first-order valence-corrected chi connectivity index (χ1v) is 11.8. The average Bonchev–Trinajstić information content (AvgIpc) is 2.87. The Balaban J connectivity index is 1.46. The van der Waals surface area contributed by atoms with E-state index in [0.29, 0.717) is 24.5 Å². The van der Waals surface area contributed by atoms with Gasteiger partial charge in [-0.15, -0.1) is 0 Å². The number of methoxy groups -OCH3 is 1. The fraction of sp³-hybridized carbons (Fsp3) is 0.250. The first-order chi connectivity index (χ1) is 16.5. The van der Waals surface area contributed by atoms with Crippen molar-refractivity contribution < 1.29 is 13.9 Å². The zero-order chi connectivity index (χ0) is 23.9. The Bertz CT molecular complexity index is 1140. The SMILES string of the molecule is COc1ccc(C/C=C(/CC(=O)N2CCN(c3ccccc3)CC2)c2ccc(Cl)cc2)cc1F. The standard InChI is InChI=1S/C28H28ClFN2O2/c1-34-27-14-8-21(19-26(27)30)7-9-23(22-10-12-24(29)13-11-22)20-28(33)32-17-15-31(16-18-32)25-5-3-2-4-6-25/h2-6,8-14,19H,7,15-18,20H2,1H3/b23-9-. The number of hydrogen-bond donors (Lipinski definition) is 0. The normalized spacial score (nSPS) is 14.3. The second-order valence-corrected chi connectivity index (χ2v) is 8.73. The Morgan fingerprint density at radius 3 is 2.35 bits per heavy atom. The van der Waals surface area contributed by atoms with Gasteiger partial charge < -0.3 is 14.5 Å². The number of allylic oxidation sites excluding steroid dienone is 1. The Kier molecular flexibility index (Phi) is 7.86. The fourth-order valence-corrected chi connectivity index (χ4v) is 4.29. The molecule has 0 aliphatic carbocycles. The summed E-state index contributed by atoms with van der Waals surface area (Å²) >= 11 is 6.07. The molecule has 34 heavy (non-hydrogen) atoms. The van der Waals surface area contributed by atoms with E-state index in [-0.39, 0.29) is 18.1 Å². The molecule has 0 spiro atoms. The molecular weight excluding hydrogens is 451 g/mol. The van der Waals surface area contributed by atoms with Crippen LogP contribution in [0.15, 0.2) is 78.9 Å². The lowest BCUT2D eigenvalue weighted by molar-refractivity contribution is -0.130. The Morgan fingerprint density at radius 1 is 1.00 bits per heavy atom. The van der Waals surface area contributed by atoms with Crippen LogP contribution in [0.5, 0.6) is 5.75 Å². The van der Waals surface area contributed by atoms with Gasteiger partial charge in [-0.1, -0.05) is 54.1 Å². The highest BCUT2D eigenvalue weighted by molar-refractivity contribution is 6.30. The van der Waals surface area contributed by atoms with Crippen LogP contribution in [0.3, 0.4) is 0 Å². The highest BCUT2D eigenvalue weighted by atomic mass is 35.5. The molecule has 1 amide bonds. The Morgan fingerprint density at radius 2 is 1.71 bits per heavy atom. The smallest absolute Gasteiger partial charge is 0.227 e. The largest absolute Gasteiger partial charge is 0.494 e. The van der Waals surface area contributed by atoms with Crippen LogP contribution in [0.25, 0.3) is 5.57 Å². The fourth-order valence-electron chi connectivity index (χ4n) is 4.16. The molecule has 3 aromatic carbocycles. The van der Waals surface area contributed by atoms with Crippen LogP contribution in [0.1, 0.15) is 17.5 Å². The van der Waals surface area contributed by atoms with E-state index in [1.165, 1.54) is 18.9 Å². The van der Waals surface area contributed by atoms with E-state index in [1.807, 2.05) is 59.5 Å². The van der Waals surface area contributed by atoms with Crippen molar-refractivity contribution in [2.75, 3.05) is 38.2 Å². The maximum absolute atomic E-state index is 14.1. The van der Waals surface area contributed by atoms with Gasteiger partial charge >= 0.3 is 0 Å². The Hall–Kier alpha value is -3.31. The summed E-state index contributed by atoms with van der Waals surface area (Å²) in [5, 5.41) is 0.642. The summed E-state index contributed by atoms with van der Waals surface area (Å²) in [6.07, 6.45) is 2.79. The zero-order valence-electron chi connectivity index (χ0n) is 19.2. The van der Waals surface area contributed by atoms with Crippen LogP contribution in [0.2, 0.25) is 5.02 Å². The van der Waals surface area contributed by atoms with Crippen LogP contribution < -0.4 is 9.64 Å². The van der Waals surface area contributed by atoms with E-state index in [0.717, 1.165) is 29.8 Å². The summed E-state index contributed by atoms with van der Waals surface area (Å²) in [4.78, 5) is 17.4. The molecule has 1 fully saturated rings. The van der Waals surface area contributed by atoms with Crippen LogP contribution in [-0.4, -0.2) is 44.1 Å². The molecule has 4 rings (SSSR count). The molecular formula is C28H28ClFN2O2. The van der Waals surface area contributed by atoms with E-state index in [2.05, 4.69) is 17.0 Å². The van der Waals surface area contributed by atoms with Gasteiger partial charge in [-0.3, -0.25) is 4.79 Å². The van der Waals surface area contributed by atoms with Crippen LogP contribution in [-0.2, 0) is 11.2 Å². The number of anilines is 1. The van der Waals surface area contributed by atoms with Gasteiger partial charge in [0.2, 0.25) is 5.91 Å². The monoisotopic (exact) mass is 478 g/mol. The zero-order valence-corrected chi connectivity index (χ0v) is 20.0. The van der Waals surface area contributed by atoms with Crippen LogP contribution in [0.4, 0.5) is 10.1 Å². The highest BCUT2D eigenvalue weighted by Crippen LogP contribution is 2.25. The molecule has 176 valence electrons. The third-order valence-corrected chi connectivity index (χ3v) is 6.36. The number of carbonyl (C=O) groups excluding carboxylic acids is 1. The van der Waals surface area contributed by atoms with Gasteiger partial charge in [0.05, 0.1) is 13.5 Å². The molecule has 0 aromatic heterocycles. The van der Waals surface area contributed by atoms with Crippen molar-refractivity contribution >= 4 is 28.8 Å². The number of amides is 1. The number of rotatable bonds is 7. The van der Waals surface area contributed by atoms with Gasteiger partial charge in [0, 0.05) is 36.9 Å². The van der Waals surface area contributed by atoms with Gasteiger partial charge in [0.1, 0.15) is 0 Å². The van der Waals surface area contributed by atoms with Crippen molar-refractivity contribution in [2.45, 2.75) is 12.8 Å². The lowest BCUT2D eigenvalue weighted by Gasteiger charge is -2.36. The van der Waals surface area contributed by atoms with Crippen molar-refractivity contribution in [3.05, 3.63) is 101 Å². The number of halogens is 2. The van der Waals surface area contributed by atoms with Gasteiger partial charge in [0.25, 0.3) is 0 Å². The molecule has 4 nitrogen and oxygen atoms in total. The number of piperazine rings is 1. The van der Waals surface area contributed by atoms with E-state index < -0.39 is 5.82 Å². The number of nitrogens with zero attached hydrogens (tertiary/aromatic N) is 2. The lowest BCUT2D eigenvalue weighted by Crippen LogP contribution is -2.48. The predicted molar refractivity (Wildman–Crippen MR) is 136 cm³/mol. The molecule has 1 aliphatic rings. The number of ether oxygens (including phenoxy) is 1. The van der Waals surface area contributed by atoms with E-state index in [4.69, 9.17) is 16.3 Å². The summed E-state index contributed by atoms with van der Waals surface area (Å²) in [6, 6.07) is 22.7. The van der Waals surface area contributed by atoms with Crippen molar-refractivity contribution in [3.63, 3.8) is 0 Å². The lowest BCUT2D eigenvalue weighted by atomic mass is 9.99. The van der Waals surface area contributed by atoms with Gasteiger partial charge in [0.15, 0.2) is 11.6 Å². The molecule has 3 aromatic rings. The number of para-hydroxylation sites is 1. The van der Waals surface area contributed by atoms with Crippen molar-refractivity contribution in [3.8, 4) is 5.75 Å². The molecule has 0 unspecified atom stereocenters. The quantitative estimate of drug-likeness (QED) is 0.427. The van der Waals surface area contributed by atoms with E-state index in [1.54, 1.807) is 6.07 Å². The summed E-state index contributed by atoms with van der Waals surface area (Å²) in [7, 11) is 1.45. The summed E-state index contributed by atoms with van der Waals surface area (Å²) in [5.74, 6) is -0.0842. The minimum Gasteiger partial charge on any atom is -0.494 e. The number of hydrogen-bond acceptors (Lipinski definition) is 3. The molecule has 0 bridgehead atoms. The van der Waals surface area contributed by atoms with Crippen molar-refractivity contribution in [2.24, 2.45) is 0 Å².